The molecule has 1 unspecified atom stereocenters. The van der Waals surface area contributed by atoms with Crippen molar-refractivity contribution in [1.29, 1.82) is 0 Å². The summed E-state index contributed by atoms with van der Waals surface area (Å²) in [4.78, 5) is 13.7. The summed E-state index contributed by atoms with van der Waals surface area (Å²) in [5.74, 6) is -0.0914. The largest absolute Gasteiger partial charge is 0.462 e. The van der Waals surface area contributed by atoms with Crippen LogP contribution in [-0.4, -0.2) is 36.6 Å². The fourth-order valence-corrected chi connectivity index (χ4v) is 1.43. The fraction of sp³-hybridized carbons (Fsp3) is 0.917. The van der Waals surface area contributed by atoms with Crippen LogP contribution in [-0.2, 0) is 9.53 Å². The summed E-state index contributed by atoms with van der Waals surface area (Å²) in [6.07, 6.45) is 3.09. The van der Waals surface area contributed by atoms with Crippen molar-refractivity contribution < 1.29 is 9.53 Å². The van der Waals surface area contributed by atoms with Gasteiger partial charge in [0.15, 0.2) is 0 Å². The van der Waals surface area contributed by atoms with Crippen molar-refractivity contribution in [3.63, 3.8) is 0 Å². The van der Waals surface area contributed by atoms with E-state index >= 15 is 0 Å². The Bertz CT molecular complexity index is 165. The molecule has 1 atom stereocenters. The molecular weight excluding hydrogens is 190 g/mol. The van der Waals surface area contributed by atoms with Crippen LogP contribution >= 0.6 is 0 Å². The molecule has 0 bridgehead atoms. The second-order valence-electron chi connectivity index (χ2n) is 3.98. The van der Waals surface area contributed by atoms with Gasteiger partial charge in [-0.3, -0.25) is 9.69 Å². The molecule has 0 aromatic carbocycles. The highest BCUT2D eigenvalue weighted by Gasteiger charge is 2.12. The first-order valence-electron chi connectivity index (χ1n) is 6.05. The summed E-state index contributed by atoms with van der Waals surface area (Å²) in [6, 6.07) is 0. The lowest BCUT2D eigenvalue weighted by Gasteiger charge is -2.20. The van der Waals surface area contributed by atoms with Gasteiger partial charge in [0.1, 0.15) is 0 Å². The second-order valence-corrected chi connectivity index (χ2v) is 3.98. The predicted molar refractivity (Wildman–Crippen MR) is 62.9 cm³/mol. The summed E-state index contributed by atoms with van der Waals surface area (Å²) >= 11 is 0. The SMILES string of the molecule is CCCN(CCC)CC(=O)OC(C)CC. The van der Waals surface area contributed by atoms with Crippen LogP contribution in [0.2, 0.25) is 0 Å². The van der Waals surface area contributed by atoms with Gasteiger partial charge in [-0.05, 0) is 39.3 Å². The summed E-state index contributed by atoms with van der Waals surface area (Å²) in [7, 11) is 0. The van der Waals surface area contributed by atoms with Gasteiger partial charge in [-0.2, -0.15) is 0 Å². The maximum atomic E-state index is 11.5. The Labute approximate surface area is 93.8 Å². The highest BCUT2D eigenvalue weighted by Crippen LogP contribution is 2.00. The number of esters is 1. The first-order chi connectivity index (χ1) is 7.13. The van der Waals surface area contributed by atoms with Gasteiger partial charge < -0.3 is 4.74 Å². The molecule has 0 radical (unpaired) electrons. The zero-order valence-corrected chi connectivity index (χ0v) is 10.6. The molecule has 3 nitrogen and oxygen atoms in total. The van der Waals surface area contributed by atoms with Crippen LogP contribution in [0.4, 0.5) is 0 Å². The minimum atomic E-state index is -0.0914. The lowest BCUT2D eigenvalue weighted by molar-refractivity contribution is -0.149. The van der Waals surface area contributed by atoms with Crippen molar-refractivity contribution in [2.75, 3.05) is 19.6 Å². The number of hydrogen-bond donors (Lipinski definition) is 0. The van der Waals surface area contributed by atoms with Gasteiger partial charge in [0.25, 0.3) is 0 Å². The van der Waals surface area contributed by atoms with E-state index in [-0.39, 0.29) is 12.1 Å². The van der Waals surface area contributed by atoms with E-state index in [1.807, 2.05) is 13.8 Å². The van der Waals surface area contributed by atoms with Crippen LogP contribution in [0.5, 0.6) is 0 Å². The fourth-order valence-electron chi connectivity index (χ4n) is 1.43. The molecule has 0 spiro atoms. The molecule has 3 heteroatoms. The number of carbonyl (C=O) groups excluding carboxylic acids is 1. The molecule has 0 amide bonds. The average molecular weight is 215 g/mol. The van der Waals surface area contributed by atoms with Gasteiger partial charge in [-0.1, -0.05) is 20.8 Å². The Morgan fingerprint density at radius 1 is 1.20 bits per heavy atom. The van der Waals surface area contributed by atoms with Gasteiger partial charge in [0.2, 0.25) is 0 Å². The van der Waals surface area contributed by atoms with E-state index < -0.39 is 0 Å². The van der Waals surface area contributed by atoms with Crippen LogP contribution in [0, 0.1) is 0 Å². The van der Waals surface area contributed by atoms with E-state index in [0.29, 0.717) is 6.54 Å². The summed E-state index contributed by atoms with van der Waals surface area (Å²) in [5, 5.41) is 0. The Morgan fingerprint density at radius 2 is 1.73 bits per heavy atom. The maximum absolute atomic E-state index is 11.5. The zero-order chi connectivity index (χ0) is 11.7. The Kier molecular flexibility index (Phi) is 8.38. The van der Waals surface area contributed by atoms with Gasteiger partial charge in [0.05, 0.1) is 12.6 Å². The third-order valence-corrected chi connectivity index (χ3v) is 2.34. The number of carbonyl (C=O) groups is 1. The second kappa shape index (κ2) is 8.72. The minimum Gasteiger partial charge on any atom is -0.462 e. The quantitative estimate of drug-likeness (QED) is 0.582. The first-order valence-corrected chi connectivity index (χ1v) is 6.05. The van der Waals surface area contributed by atoms with Gasteiger partial charge >= 0.3 is 5.97 Å². The van der Waals surface area contributed by atoms with E-state index in [4.69, 9.17) is 4.74 Å². The lowest BCUT2D eigenvalue weighted by atomic mass is 10.3. The van der Waals surface area contributed by atoms with Gasteiger partial charge in [-0.25, -0.2) is 0 Å². The highest BCUT2D eigenvalue weighted by molar-refractivity contribution is 5.71. The smallest absolute Gasteiger partial charge is 0.320 e. The number of rotatable bonds is 8. The zero-order valence-electron chi connectivity index (χ0n) is 10.6. The Balaban J connectivity index is 3.87. The summed E-state index contributed by atoms with van der Waals surface area (Å²) < 4.78 is 5.24. The van der Waals surface area contributed by atoms with E-state index in [0.717, 1.165) is 32.4 Å². The van der Waals surface area contributed by atoms with E-state index in [9.17, 15) is 4.79 Å². The molecule has 90 valence electrons. The Morgan fingerprint density at radius 3 is 2.13 bits per heavy atom. The van der Waals surface area contributed by atoms with Crippen LogP contribution in [0.25, 0.3) is 0 Å². The monoisotopic (exact) mass is 215 g/mol. The molecule has 0 fully saturated rings. The average Bonchev–Trinajstić information content (AvgIpc) is 2.18. The topological polar surface area (TPSA) is 29.5 Å². The van der Waals surface area contributed by atoms with Crippen molar-refractivity contribution in [1.82, 2.24) is 4.90 Å². The molecule has 0 saturated carbocycles. The third kappa shape index (κ3) is 7.37. The normalized spacial score (nSPS) is 12.9. The first kappa shape index (κ1) is 14.4. The molecule has 0 rings (SSSR count). The molecule has 0 heterocycles. The molecule has 0 saturated heterocycles. The Hall–Kier alpha value is -0.570. The van der Waals surface area contributed by atoms with Crippen molar-refractivity contribution >= 4 is 5.97 Å². The van der Waals surface area contributed by atoms with E-state index in [2.05, 4.69) is 18.7 Å². The highest BCUT2D eigenvalue weighted by atomic mass is 16.5. The van der Waals surface area contributed by atoms with Crippen LogP contribution in [0.1, 0.15) is 47.0 Å². The summed E-state index contributed by atoms with van der Waals surface area (Å²) in [6.45, 7) is 10.6. The molecule has 0 aromatic rings. The molecule has 0 aromatic heterocycles. The third-order valence-electron chi connectivity index (χ3n) is 2.34. The van der Waals surface area contributed by atoms with Crippen molar-refractivity contribution in [3.8, 4) is 0 Å². The summed E-state index contributed by atoms with van der Waals surface area (Å²) in [5.41, 5.74) is 0. The molecule has 0 N–H and O–H groups in total. The number of ether oxygens (including phenoxy) is 1. The van der Waals surface area contributed by atoms with Crippen molar-refractivity contribution in [2.45, 2.75) is 53.1 Å². The van der Waals surface area contributed by atoms with Crippen LogP contribution in [0.15, 0.2) is 0 Å². The van der Waals surface area contributed by atoms with E-state index in [1.54, 1.807) is 0 Å². The number of nitrogens with zero attached hydrogens (tertiary/aromatic N) is 1. The molecule has 0 aliphatic carbocycles. The van der Waals surface area contributed by atoms with E-state index in [1.165, 1.54) is 0 Å². The maximum Gasteiger partial charge on any atom is 0.320 e. The van der Waals surface area contributed by atoms with Gasteiger partial charge in [-0.15, -0.1) is 0 Å². The van der Waals surface area contributed by atoms with Crippen LogP contribution < -0.4 is 0 Å². The van der Waals surface area contributed by atoms with Crippen LogP contribution in [0.3, 0.4) is 0 Å². The number of hydrogen-bond acceptors (Lipinski definition) is 3. The standard InChI is InChI=1S/C12H25NO2/c1-5-8-13(9-6-2)10-12(14)15-11(4)7-3/h11H,5-10H2,1-4H3. The molecule has 0 aliphatic heterocycles. The molecule has 0 aliphatic rings. The van der Waals surface area contributed by atoms with Crippen molar-refractivity contribution in [2.24, 2.45) is 0 Å². The molecule has 15 heavy (non-hydrogen) atoms. The minimum absolute atomic E-state index is 0.0441. The lowest BCUT2D eigenvalue weighted by Crippen LogP contribution is -2.33. The molecular formula is C12H25NO2. The van der Waals surface area contributed by atoms with Crippen molar-refractivity contribution in [3.05, 3.63) is 0 Å². The van der Waals surface area contributed by atoms with Gasteiger partial charge in [0, 0.05) is 0 Å². The predicted octanol–water partition coefficient (Wildman–Crippen LogP) is 2.45.